The Morgan fingerprint density at radius 2 is 1.84 bits per heavy atom. The molecule has 0 radical (unpaired) electrons. The van der Waals surface area contributed by atoms with Crippen molar-refractivity contribution in [3.05, 3.63) is 64.3 Å². The van der Waals surface area contributed by atoms with E-state index in [1.54, 1.807) is 35.9 Å². The van der Waals surface area contributed by atoms with Crippen molar-refractivity contribution in [1.29, 1.82) is 0 Å². The molecule has 2 aliphatic heterocycles. The number of hydrogen-bond acceptors (Lipinski definition) is 9. The molecule has 0 aliphatic carbocycles. The normalized spacial score (nSPS) is 16.0. The summed E-state index contributed by atoms with van der Waals surface area (Å²) in [4.78, 5) is 28.6. The molecule has 0 amide bonds. The molecule has 0 bridgehead atoms. The molecular formula is C26H29ClN6O3S. The third kappa shape index (κ3) is 5.77. The molecule has 2 aliphatic rings. The van der Waals surface area contributed by atoms with E-state index in [1.807, 2.05) is 28.3 Å². The first-order valence-electron chi connectivity index (χ1n) is 12.3. The van der Waals surface area contributed by atoms with E-state index >= 15 is 0 Å². The van der Waals surface area contributed by atoms with Crippen LogP contribution < -0.4 is 20.3 Å². The number of nitrogens with one attached hydrogen (secondary N) is 1. The van der Waals surface area contributed by atoms with Crippen LogP contribution in [0.3, 0.4) is 0 Å². The molecule has 194 valence electrons. The van der Waals surface area contributed by atoms with Crippen LogP contribution in [0.5, 0.6) is 11.5 Å². The molecule has 0 atom stereocenters. The second kappa shape index (κ2) is 11.6. The number of pyridine rings is 3. The zero-order valence-electron chi connectivity index (χ0n) is 20.3. The van der Waals surface area contributed by atoms with Crippen molar-refractivity contribution in [3.8, 4) is 22.1 Å². The summed E-state index contributed by atoms with van der Waals surface area (Å²) in [5, 5.41) is 6.50. The average molecular weight is 541 g/mol. The molecule has 6 heterocycles. The van der Waals surface area contributed by atoms with E-state index in [9.17, 15) is 4.79 Å². The van der Waals surface area contributed by atoms with Gasteiger partial charge in [-0.3, -0.25) is 14.8 Å². The van der Waals surface area contributed by atoms with E-state index in [-0.39, 0.29) is 18.0 Å². The zero-order chi connectivity index (χ0) is 24.3. The van der Waals surface area contributed by atoms with Crippen LogP contribution >= 0.6 is 23.7 Å². The van der Waals surface area contributed by atoms with Gasteiger partial charge in [-0.25, -0.2) is 4.98 Å². The van der Waals surface area contributed by atoms with Crippen LogP contribution in [0, 0.1) is 0 Å². The number of aromatic nitrogens is 4. The summed E-state index contributed by atoms with van der Waals surface area (Å²) in [5.74, 6) is 1.50. The topological polar surface area (TPSA) is 94.4 Å². The minimum Gasteiger partial charge on any atom is -0.486 e. The van der Waals surface area contributed by atoms with Crippen molar-refractivity contribution >= 4 is 34.8 Å². The first kappa shape index (κ1) is 25.6. The standard InChI is InChI=1S/C26H28N6O3S.ClH/c33-25-2-1-21-22(13-18(15-30-21)26-27-5-12-36-26)32(25)9-8-31-6-3-19(4-7-31)28-16-20-14-23-24(17-29-20)35-11-10-34-23;/h1-2,5,12-15,17,19,28H,3-4,6-11,16H2;1H. The third-order valence-electron chi connectivity index (χ3n) is 6.80. The number of thiazole rings is 1. The smallest absolute Gasteiger partial charge is 0.251 e. The van der Waals surface area contributed by atoms with E-state index in [0.717, 1.165) is 71.3 Å². The van der Waals surface area contributed by atoms with Crippen LogP contribution in [0.25, 0.3) is 21.6 Å². The van der Waals surface area contributed by atoms with Gasteiger partial charge in [-0.1, -0.05) is 0 Å². The highest BCUT2D eigenvalue weighted by Crippen LogP contribution is 2.29. The second-order valence-electron chi connectivity index (χ2n) is 9.10. The van der Waals surface area contributed by atoms with Gasteiger partial charge in [-0.2, -0.15) is 0 Å². The molecule has 4 aromatic rings. The van der Waals surface area contributed by atoms with Crippen LogP contribution in [0.1, 0.15) is 18.5 Å². The molecule has 0 saturated carbocycles. The molecule has 11 heteroatoms. The lowest BCUT2D eigenvalue weighted by atomic mass is 10.0. The van der Waals surface area contributed by atoms with E-state index in [2.05, 4.69) is 25.2 Å². The Morgan fingerprint density at radius 3 is 2.65 bits per heavy atom. The molecule has 37 heavy (non-hydrogen) atoms. The predicted octanol–water partition coefficient (Wildman–Crippen LogP) is 3.36. The summed E-state index contributed by atoms with van der Waals surface area (Å²) in [5.41, 5.74) is 3.59. The molecule has 4 aromatic heterocycles. The van der Waals surface area contributed by atoms with Gasteiger partial charge in [0, 0.05) is 61.1 Å². The van der Waals surface area contributed by atoms with Gasteiger partial charge >= 0.3 is 0 Å². The summed E-state index contributed by atoms with van der Waals surface area (Å²) in [7, 11) is 0. The quantitative estimate of drug-likeness (QED) is 0.381. The van der Waals surface area contributed by atoms with Crippen LogP contribution in [-0.4, -0.2) is 63.3 Å². The summed E-state index contributed by atoms with van der Waals surface area (Å²) in [6, 6.07) is 7.85. The van der Waals surface area contributed by atoms with Crippen molar-refractivity contribution in [2.45, 2.75) is 32.0 Å². The molecular weight excluding hydrogens is 512 g/mol. The van der Waals surface area contributed by atoms with Crippen molar-refractivity contribution < 1.29 is 9.47 Å². The third-order valence-corrected chi connectivity index (χ3v) is 7.63. The molecule has 1 N–H and O–H groups in total. The summed E-state index contributed by atoms with van der Waals surface area (Å²) < 4.78 is 13.1. The van der Waals surface area contributed by atoms with E-state index in [4.69, 9.17) is 9.47 Å². The Morgan fingerprint density at radius 1 is 1.00 bits per heavy atom. The number of hydrogen-bond donors (Lipinski definition) is 1. The maximum atomic E-state index is 12.7. The zero-order valence-corrected chi connectivity index (χ0v) is 22.0. The first-order valence-corrected chi connectivity index (χ1v) is 13.2. The molecule has 0 spiro atoms. The van der Waals surface area contributed by atoms with Crippen LogP contribution in [0.2, 0.25) is 0 Å². The number of rotatable bonds is 7. The van der Waals surface area contributed by atoms with Gasteiger partial charge in [-0.15, -0.1) is 23.7 Å². The highest BCUT2D eigenvalue weighted by Gasteiger charge is 2.20. The Balaban J connectivity index is 0.00000280. The summed E-state index contributed by atoms with van der Waals surface area (Å²) >= 11 is 1.57. The van der Waals surface area contributed by atoms with E-state index in [1.165, 1.54) is 0 Å². The monoisotopic (exact) mass is 540 g/mol. The number of halogens is 1. The highest BCUT2D eigenvalue weighted by molar-refractivity contribution is 7.13. The largest absolute Gasteiger partial charge is 0.486 e. The number of piperidine rings is 1. The predicted molar refractivity (Wildman–Crippen MR) is 146 cm³/mol. The molecule has 0 unspecified atom stereocenters. The van der Waals surface area contributed by atoms with Gasteiger partial charge in [0.25, 0.3) is 5.56 Å². The first-order chi connectivity index (χ1) is 17.7. The maximum Gasteiger partial charge on any atom is 0.251 e. The van der Waals surface area contributed by atoms with Crippen LogP contribution in [0.4, 0.5) is 0 Å². The number of fused-ring (bicyclic) bond motifs is 2. The minimum atomic E-state index is 0. The highest BCUT2D eigenvalue weighted by atomic mass is 35.5. The fourth-order valence-electron chi connectivity index (χ4n) is 4.82. The molecule has 1 saturated heterocycles. The Kier molecular flexibility index (Phi) is 7.99. The van der Waals surface area contributed by atoms with Gasteiger partial charge < -0.3 is 24.3 Å². The van der Waals surface area contributed by atoms with Gasteiger partial charge in [-0.05, 0) is 38.1 Å². The van der Waals surface area contributed by atoms with E-state index in [0.29, 0.717) is 32.3 Å². The minimum absolute atomic E-state index is 0. The van der Waals surface area contributed by atoms with Crippen LogP contribution in [-0.2, 0) is 13.1 Å². The lowest BCUT2D eigenvalue weighted by Crippen LogP contribution is -2.43. The Bertz CT molecular complexity index is 1410. The molecule has 1 fully saturated rings. The number of likely N-dealkylation sites (tertiary alicyclic amines) is 1. The van der Waals surface area contributed by atoms with Gasteiger partial charge in [0.05, 0.1) is 22.9 Å². The lowest BCUT2D eigenvalue weighted by Gasteiger charge is -2.32. The van der Waals surface area contributed by atoms with Crippen LogP contribution in [0.15, 0.2) is 53.0 Å². The SMILES string of the molecule is Cl.O=c1ccc2ncc(-c3nccs3)cc2n1CCN1CCC(NCc2cc3c(cn2)OCCO3)CC1. The Hall–Kier alpha value is -3.05. The second-order valence-corrected chi connectivity index (χ2v) is 10.00. The van der Waals surface area contributed by atoms with Gasteiger partial charge in [0.15, 0.2) is 11.5 Å². The number of nitrogens with zero attached hydrogens (tertiary/aromatic N) is 5. The summed E-state index contributed by atoms with van der Waals surface area (Å²) in [6.07, 6.45) is 7.48. The Labute approximate surface area is 224 Å². The maximum absolute atomic E-state index is 12.7. The fraction of sp³-hybridized carbons (Fsp3) is 0.385. The van der Waals surface area contributed by atoms with Crippen molar-refractivity contribution in [2.75, 3.05) is 32.8 Å². The van der Waals surface area contributed by atoms with Crippen molar-refractivity contribution in [2.24, 2.45) is 0 Å². The van der Waals surface area contributed by atoms with E-state index < -0.39 is 0 Å². The number of ether oxygens (including phenoxy) is 2. The van der Waals surface area contributed by atoms with Gasteiger partial charge in [0.1, 0.15) is 18.2 Å². The summed E-state index contributed by atoms with van der Waals surface area (Å²) in [6.45, 7) is 5.32. The van der Waals surface area contributed by atoms with Crippen molar-refractivity contribution in [1.82, 2.24) is 29.7 Å². The van der Waals surface area contributed by atoms with Gasteiger partial charge in [0.2, 0.25) is 0 Å². The lowest BCUT2D eigenvalue weighted by molar-refractivity contribution is 0.170. The average Bonchev–Trinajstić information content (AvgIpc) is 3.47. The fourth-order valence-corrected chi connectivity index (χ4v) is 5.44. The molecule has 6 rings (SSSR count). The molecule has 0 aromatic carbocycles. The molecule has 9 nitrogen and oxygen atoms in total. The van der Waals surface area contributed by atoms with Crippen molar-refractivity contribution in [3.63, 3.8) is 0 Å².